The molecule has 1 rings (SSSR count). The van der Waals surface area contributed by atoms with Gasteiger partial charge in [0, 0.05) is 13.1 Å². The Labute approximate surface area is 82.5 Å². The van der Waals surface area contributed by atoms with E-state index in [1.54, 1.807) is 0 Å². The second-order valence-corrected chi connectivity index (χ2v) is 5.21. The van der Waals surface area contributed by atoms with E-state index in [1.165, 1.54) is 0 Å². The average molecular weight is 223 g/mol. The standard InChI is InChI=1S/C7H13NO5S/c1-14(11,12)8-2-3-13-5-6(4-8)7(9)10/h6H,2-5H2,1H3,(H,9,10). The molecular formula is C7H13NO5S. The summed E-state index contributed by atoms with van der Waals surface area (Å²) >= 11 is 0. The van der Waals surface area contributed by atoms with Crippen LogP contribution >= 0.6 is 0 Å². The van der Waals surface area contributed by atoms with Gasteiger partial charge in [-0.15, -0.1) is 0 Å². The van der Waals surface area contributed by atoms with Gasteiger partial charge in [0.05, 0.1) is 25.4 Å². The highest BCUT2D eigenvalue weighted by Crippen LogP contribution is 2.10. The highest BCUT2D eigenvalue weighted by atomic mass is 32.2. The van der Waals surface area contributed by atoms with E-state index in [2.05, 4.69) is 0 Å². The Kier molecular flexibility index (Phi) is 3.46. The second kappa shape index (κ2) is 4.24. The Balaban J connectivity index is 2.75. The monoisotopic (exact) mass is 223 g/mol. The molecule has 1 atom stereocenters. The smallest absolute Gasteiger partial charge is 0.310 e. The van der Waals surface area contributed by atoms with E-state index in [9.17, 15) is 13.2 Å². The molecule has 1 aliphatic heterocycles. The molecule has 1 aliphatic rings. The molecule has 1 heterocycles. The van der Waals surface area contributed by atoms with Gasteiger partial charge in [-0.25, -0.2) is 8.42 Å². The van der Waals surface area contributed by atoms with E-state index in [4.69, 9.17) is 9.84 Å². The molecule has 0 aliphatic carbocycles. The van der Waals surface area contributed by atoms with Crippen molar-refractivity contribution in [2.24, 2.45) is 5.92 Å². The molecule has 82 valence electrons. The van der Waals surface area contributed by atoms with Gasteiger partial charge in [-0.05, 0) is 0 Å². The first-order valence-corrected chi connectivity index (χ1v) is 6.02. The first kappa shape index (κ1) is 11.4. The maximum absolute atomic E-state index is 11.2. The second-order valence-electron chi connectivity index (χ2n) is 3.23. The molecule has 1 unspecified atom stereocenters. The molecule has 0 aromatic rings. The van der Waals surface area contributed by atoms with Crippen LogP contribution in [-0.2, 0) is 19.6 Å². The van der Waals surface area contributed by atoms with Gasteiger partial charge in [0.15, 0.2) is 0 Å². The lowest BCUT2D eigenvalue weighted by Crippen LogP contribution is -2.37. The third-order valence-corrected chi connectivity index (χ3v) is 3.32. The number of carboxylic acid groups (broad SMARTS) is 1. The maximum atomic E-state index is 11.2. The van der Waals surface area contributed by atoms with E-state index in [0.29, 0.717) is 0 Å². The number of aliphatic carboxylic acids is 1. The molecule has 0 saturated carbocycles. The summed E-state index contributed by atoms with van der Waals surface area (Å²) in [6.45, 7) is 0.537. The number of hydrogen-bond acceptors (Lipinski definition) is 4. The molecular weight excluding hydrogens is 210 g/mol. The lowest BCUT2D eigenvalue weighted by atomic mass is 10.2. The fourth-order valence-electron chi connectivity index (χ4n) is 1.23. The van der Waals surface area contributed by atoms with Gasteiger partial charge in [-0.2, -0.15) is 4.31 Å². The number of rotatable bonds is 2. The summed E-state index contributed by atoms with van der Waals surface area (Å²) in [6.07, 6.45) is 1.07. The van der Waals surface area contributed by atoms with Gasteiger partial charge in [0.2, 0.25) is 10.0 Å². The van der Waals surface area contributed by atoms with Gasteiger partial charge in [-0.1, -0.05) is 0 Å². The van der Waals surface area contributed by atoms with Crippen molar-refractivity contribution in [1.82, 2.24) is 4.31 Å². The minimum absolute atomic E-state index is 0.00579. The zero-order valence-corrected chi connectivity index (χ0v) is 8.66. The number of hydrogen-bond donors (Lipinski definition) is 1. The number of sulfonamides is 1. The van der Waals surface area contributed by atoms with Crippen LogP contribution in [0.4, 0.5) is 0 Å². The predicted molar refractivity (Wildman–Crippen MR) is 48.4 cm³/mol. The molecule has 0 bridgehead atoms. The molecule has 0 aromatic carbocycles. The fraction of sp³-hybridized carbons (Fsp3) is 0.857. The van der Waals surface area contributed by atoms with Crippen molar-refractivity contribution >= 4 is 16.0 Å². The third kappa shape index (κ3) is 2.93. The number of nitrogens with zero attached hydrogens (tertiary/aromatic N) is 1. The minimum atomic E-state index is -3.33. The van der Waals surface area contributed by atoms with Crippen LogP contribution in [-0.4, -0.2) is 56.4 Å². The van der Waals surface area contributed by atoms with Gasteiger partial charge >= 0.3 is 5.97 Å². The molecule has 1 fully saturated rings. The molecule has 0 radical (unpaired) electrons. The van der Waals surface area contributed by atoms with Crippen LogP contribution in [0.3, 0.4) is 0 Å². The summed E-state index contributed by atoms with van der Waals surface area (Å²) in [7, 11) is -3.33. The van der Waals surface area contributed by atoms with Crippen molar-refractivity contribution in [2.75, 3.05) is 32.6 Å². The minimum Gasteiger partial charge on any atom is -0.481 e. The molecule has 0 spiro atoms. The van der Waals surface area contributed by atoms with Crippen molar-refractivity contribution in [3.63, 3.8) is 0 Å². The Hall–Kier alpha value is -0.660. The predicted octanol–water partition coefficient (Wildman–Crippen LogP) is -1.02. The zero-order chi connectivity index (χ0) is 10.8. The van der Waals surface area contributed by atoms with Crippen LogP contribution in [0.5, 0.6) is 0 Å². The molecule has 6 nitrogen and oxygen atoms in total. The van der Waals surface area contributed by atoms with E-state index in [0.717, 1.165) is 10.6 Å². The topological polar surface area (TPSA) is 83.9 Å². The molecule has 0 amide bonds. The van der Waals surface area contributed by atoms with Crippen LogP contribution < -0.4 is 0 Å². The van der Waals surface area contributed by atoms with Crippen molar-refractivity contribution in [3.05, 3.63) is 0 Å². The maximum Gasteiger partial charge on any atom is 0.310 e. The zero-order valence-electron chi connectivity index (χ0n) is 7.84. The van der Waals surface area contributed by atoms with Crippen LogP contribution in [0, 0.1) is 5.92 Å². The Morgan fingerprint density at radius 2 is 2.21 bits per heavy atom. The molecule has 14 heavy (non-hydrogen) atoms. The van der Waals surface area contributed by atoms with Crippen LogP contribution in [0.15, 0.2) is 0 Å². The van der Waals surface area contributed by atoms with Gasteiger partial charge < -0.3 is 9.84 Å². The first-order valence-electron chi connectivity index (χ1n) is 4.17. The summed E-state index contributed by atoms with van der Waals surface area (Å²) in [6, 6.07) is 0. The Bertz CT molecular complexity index is 312. The molecule has 0 aromatic heterocycles. The third-order valence-electron chi connectivity index (χ3n) is 2.05. The lowest BCUT2D eigenvalue weighted by molar-refractivity contribution is -0.143. The quantitative estimate of drug-likeness (QED) is 0.647. The average Bonchev–Trinajstić information content (AvgIpc) is 2.26. The Morgan fingerprint density at radius 1 is 1.57 bits per heavy atom. The summed E-state index contributed by atoms with van der Waals surface area (Å²) in [5.74, 6) is -1.80. The van der Waals surface area contributed by atoms with E-state index >= 15 is 0 Å². The Morgan fingerprint density at radius 3 is 2.71 bits per heavy atom. The highest BCUT2D eigenvalue weighted by Gasteiger charge is 2.28. The SMILES string of the molecule is CS(=O)(=O)N1CCOCC(C(=O)O)C1. The highest BCUT2D eigenvalue weighted by molar-refractivity contribution is 7.88. The summed E-state index contributed by atoms with van der Waals surface area (Å²) in [5, 5.41) is 8.75. The van der Waals surface area contributed by atoms with Crippen molar-refractivity contribution in [3.8, 4) is 0 Å². The lowest BCUT2D eigenvalue weighted by Gasteiger charge is -2.18. The molecule has 1 N–H and O–H groups in total. The van der Waals surface area contributed by atoms with E-state index < -0.39 is 21.9 Å². The normalized spacial score (nSPS) is 25.6. The van der Waals surface area contributed by atoms with Gasteiger partial charge in [0.1, 0.15) is 0 Å². The number of carboxylic acids is 1. The van der Waals surface area contributed by atoms with Crippen LogP contribution in [0.25, 0.3) is 0 Å². The van der Waals surface area contributed by atoms with E-state index in [1.807, 2.05) is 0 Å². The fourth-order valence-corrected chi connectivity index (χ4v) is 2.09. The van der Waals surface area contributed by atoms with Crippen LogP contribution in [0.2, 0.25) is 0 Å². The summed E-state index contributed by atoms with van der Waals surface area (Å²) in [5.41, 5.74) is 0. The summed E-state index contributed by atoms with van der Waals surface area (Å²) < 4.78 is 28.5. The van der Waals surface area contributed by atoms with Crippen molar-refractivity contribution < 1.29 is 23.1 Å². The summed E-state index contributed by atoms with van der Waals surface area (Å²) in [4.78, 5) is 10.7. The molecule has 1 saturated heterocycles. The number of ether oxygens (including phenoxy) is 1. The van der Waals surface area contributed by atoms with Crippen molar-refractivity contribution in [2.45, 2.75) is 0 Å². The first-order chi connectivity index (χ1) is 6.41. The van der Waals surface area contributed by atoms with Crippen LogP contribution in [0.1, 0.15) is 0 Å². The van der Waals surface area contributed by atoms with Gasteiger partial charge in [0.25, 0.3) is 0 Å². The van der Waals surface area contributed by atoms with Crippen molar-refractivity contribution in [1.29, 1.82) is 0 Å². The van der Waals surface area contributed by atoms with Gasteiger partial charge in [-0.3, -0.25) is 4.79 Å². The molecule has 7 heteroatoms. The number of carbonyl (C=O) groups is 1. The van der Waals surface area contributed by atoms with E-state index in [-0.39, 0.29) is 26.3 Å². The largest absolute Gasteiger partial charge is 0.481 e.